The first-order valence-corrected chi connectivity index (χ1v) is 8.22. The molecule has 0 atom stereocenters. The summed E-state index contributed by atoms with van der Waals surface area (Å²) in [5.41, 5.74) is 3.07. The molecular formula is C20H22FNO. The second-order valence-corrected chi connectivity index (χ2v) is 6.44. The highest BCUT2D eigenvalue weighted by molar-refractivity contribution is 5.94. The third-order valence-corrected chi connectivity index (χ3v) is 4.60. The van der Waals surface area contributed by atoms with Crippen LogP contribution in [0.15, 0.2) is 48.5 Å². The largest absolute Gasteiger partial charge is 0.339 e. The topological polar surface area (TPSA) is 20.3 Å². The van der Waals surface area contributed by atoms with Gasteiger partial charge in [0.05, 0.1) is 0 Å². The molecule has 3 heteroatoms. The predicted octanol–water partition coefficient (Wildman–Crippen LogP) is 4.23. The molecule has 0 unspecified atom stereocenters. The van der Waals surface area contributed by atoms with Crippen LogP contribution >= 0.6 is 0 Å². The van der Waals surface area contributed by atoms with E-state index in [-0.39, 0.29) is 11.7 Å². The number of carbonyl (C=O) groups is 1. The van der Waals surface area contributed by atoms with E-state index in [4.69, 9.17) is 0 Å². The fraction of sp³-hybridized carbons (Fsp3) is 0.350. The van der Waals surface area contributed by atoms with Gasteiger partial charge in [-0.1, -0.05) is 29.8 Å². The maximum atomic E-state index is 13.0. The van der Waals surface area contributed by atoms with Gasteiger partial charge in [0.1, 0.15) is 5.82 Å². The lowest BCUT2D eigenvalue weighted by atomic mass is 9.90. The Labute approximate surface area is 136 Å². The molecule has 0 N–H and O–H groups in total. The molecule has 1 heterocycles. The van der Waals surface area contributed by atoms with Crippen molar-refractivity contribution in [3.8, 4) is 0 Å². The number of nitrogens with zero attached hydrogens (tertiary/aromatic N) is 1. The van der Waals surface area contributed by atoms with Crippen LogP contribution in [0.2, 0.25) is 0 Å². The molecule has 1 aliphatic rings. The molecule has 0 spiro atoms. The van der Waals surface area contributed by atoms with Gasteiger partial charge in [-0.05, 0) is 61.9 Å². The van der Waals surface area contributed by atoms with Crippen LogP contribution in [0.25, 0.3) is 0 Å². The minimum absolute atomic E-state index is 0.133. The molecule has 1 saturated heterocycles. The summed E-state index contributed by atoms with van der Waals surface area (Å²) in [4.78, 5) is 14.5. The van der Waals surface area contributed by atoms with E-state index in [1.54, 1.807) is 0 Å². The maximum absolute atomic E-state index is 13.0. The first kappa shape index (κ1) is 15.7. The molecule has 1 amide bonds. The summed E-state index contributed by atoms with van der Waals surface area (Å²) in [5.74, 6) is 0.517. The molecule has 120 valence electrons. The van der Waals surface area contributed by atoms with Crippen molar-refractivity contribution < 1.29 is 9.18 Å². The van der Waals surface area contributed by atoms with Crippen LogP contribution in [0.1, 0.15) is 34.3 Å². The highest BCUT2D eigenvalue weighted by atomic mass is 19.1. The number of rotatable bonds is 3. The molecule has 0 aliphatic carbocycles. The summed E-state index contributed by atoms with van der Waals surface area (Å²) in [6.45, 7) is 3.61. The van der Waals surface area contributed by atoms with Gasteiger partial charge in [0.25, 0.3) is 5.91 Å². The van der Waals surface area contributed by atoms with Crippen LogP contribution in [0, 0.1) is 18.7 Å². The zero-order valence-corrected chi connectivity index (χ0v) is 13.5. The summed E-state index contributed by atoms with van der Waals surface area (Å²) < 4.78 is 13.0. The molecule has 0 saturated carbocycles. The van der Waals surface area contributed by atoms with Crippen LogP contribution in [-0.2, 0) is 6.42 Å². The van der Waals surface area contributed by atoms with Gasteiger partial charge in [-0.15, -0.1) is 0 Å². The van der Waals surface area contributed by atoms with Gasteiger partial charge in [0.15, 0.2) is 0 Å². The molecule has 2 aromatic carbocycles. The van der Waals surface area contributed by atoms with Crippen LogP contribution in [0.3, 0.4) is 0 Å². The number of piperidine rings is 1. The monoisotopic (exact) mass is 311 g/mol. The van der Waals surface area contributed by atoms with Gasteiger partial charge in [0, 0.05) is 18.7 Å². The number of carbonyl (C=O) groups excluding carboxylic acids is 1. The maximum Gasteiger partial charge on any atom is 0.253 e. The summed E-state index contributed by atoms with van der Waals surface area (Å²) in [7, 11) is 0. The quantitative estimate of drug-likeness (QED) is 0.830. The summed E-state index contributed by atoms with van der Waals surface area (Å²) >= 11 is 0. The van der Waals surface area contributed by atoms with E-state index in [0.29, 0.717) is 5.92 Å². The molecule has 0 aromatic heterocycles. The molecule has 3 rings (SSSR count). The van der Waals surface area contributed by atoms with Crippen LogP contribution in [-0.4, -0.2) is 23.9 Å². The average molecular weight is 311 g/mol. The van der Waals surface area contributed by atoms with Crippen LogP contribution in [0.4, 0.5) is 4.39 Å². The molecule has 2 aromatic rings. The molecule has 1 aliphatic heterocycles. The Hall–Kier alpha value is -2.16. The van der Waals surface area contributed by atoms with Crippen molar-refractivity contribution in [1.29, 1.82) is 0 Å². The normalized spacial score (nSPS) is 15.7. The number of halogens is 1. The Bertz CT molecular complexity index is 672. The van der Waals surface area contributed by atoms with Crippen molar-refractivity contribution in [3.05, 3.63) is 71.0 Å². The average Bonchev–Trinajstić information content (AvgIpc) is 2.57. The van der Waals surface area contributed by atoms with Crippen molar-refractivity contribution in [3.63, 3.8) is 0 Å². The van der Waals surface area contributed by atoms with Crippen LogP contribution in [0.5, 0.6) is 0 Å². The summed E-state index contributed by atoms with van der Waals surface area (Å²) in [6.07, 6.45) is 2.98. The van der Waals surface area contributed by atoms with Crippen LogP contribution < -0.4 is 0 Å². The van der Waals surface area contributed by atoms with Gasteiger partial charge < -0.3 is 4.90 Å². The van der Waals surface area contributed by atoms with Gasteiger partial charge in [0.2, 0.25) is 0 Å². The van der Waals surface area contributed by atoms with E-state index in [9.17, 15) is 9.18 Å². The number of benzene rings is 2. The molecule has 0 bridgehead atoms. The minimum Gasteiger partial charge on any atom is -0.339 e. The van der Waals surface area contributed by atoms with Gasteiger partial charge >= 0.3 is 0 Å². The van der Waals surface area contributed by atoms with E-state index in [2.05, 4.69) is 0 Å². The predicted molar refractivity (Wildman–Crippen MR) is 89.9 cm³/mol. The van der Waals surface area contributed by atoms with Gasteiger partial charge in [-0.3, -0.25) is 4.79 Å². The van der Waals surface area contributed by atoms with Crippen molar-refractivity contribution >= 4 is 5.91 Å². The third kappa shape index (κ3) is 3.98. The molecule has 0 radical (unpaired) electrons. The van der Waals surface area contributed by atoms with Crippen molar-refractivity contribution in [2.45, 2.75) is 26.2 Å². The second kappa shape index (κ2) is 6.95. The standard InChI is InChI=1S/C20H22FNO/c1-15-3-2-4-18(13-15)20(23)22-11-9-17(10-12-22)14-16-5-7-19(21)8-6-16/h2-8,13,17H,9-12,14H2,1H3. The fourth-order valence-corrected chi connectivity index (χ4v) is 3.25. The smallest absolute Gasteiger partial charge is 0.253 e. The Morgan fingerprint density at radius 3 is 2.48 bits per heavy atom. The first-order valence-electron chi connectivity index (χ1n) is 8.22. The van der Waals surface area contributed by atoms with E-state index in [1.807, 2.05) is 48.2 Å². The minimum atomic E-state index is -0.188. The van der Waals surface area contributed by atoms with E-state index in [0.717, 1.165) is 43.5 Å². The lowest BCUT2D eigenvalue weighted by Crippen LogP contribution is -2.38. The van der Waals surface area contributed by atoms with Crippen molar-refractivity contribution in [2.75, 3.05) is 13.1 Å². The van der Waals surface area contributed by atoms with Crippen molar-refractivity contribution in [2.24, 2.45) is 5.92 Å². The third-order valence-electron chi connectivity index (χ3n) is 4.60. The zero-order chi connectivity index (χ0) is 16.2. The molecule has 2 nitrogen and oxygen atoms in total. The number of likely N-dealkylation sites (tertiary alicyclic amines) is 1. The highest BCUT2D eigenvalue weighted by Crippen LogP contribution is 2.23. The Kier molecular flexibility index (Phi) is 4.75. The highest BCUT2D eigenvalue weighted by Gasteiger charge is 2.23. The van der Waals surface area contributed by atoms with E-state index < -0.39 is 0 Å². The zero-order valence-electron chi connectivity index (χ0n) is 13.5. The summed E-state index contributed by atoms with van der Waals surface area (Å²) in [6, 6.07) is 14.5. The second-order valence-electron chi connectivity index (χ2n) is 6.44. The summed E-state index contributed by atoms with van der Waals surface area (Å²) in [5, 5.41) is 0. The van der Waals surface area contributed by atoms with Gasteiger partial charge in [-0.25, -0.2) is 4.39 Å². The number of hydrogen-bond acceptors (Lipinski definition) is 1. The fourth-order valence-electron chi connectivity index (χ4n) is 3.25. The van der Waals surface area contributed by atoms with E-state index in [1.165, 1.54) is 17.7 Å². The number of amides is 1. The number of aryl methyl sites for hydroxylation is 1. The van der Waals surface area contributed by atoms with Crippen molar-refractivity contribution in [1.82, 2.24) is 4.90 Å². The Morgan fingerprint density at radius 1 is 1.13 bits per heavy atom. The number of hydrogen-bond donors (Lipinski definition) is 0. The molecule has 1 fully saturated rings. The van der Waals surface area contributed by atoms with E-state index >= 15 is 0 Å². The SMILES string of the molecule is Cc1cccc(C(=O)N2CCC(Cc3ccc(F)cc3)CC2)c1. The Balaban J connectivity index is 1.55. The van der Waals surface area contributed by atoms with Gasteiger partial charge in [-0.2, -0.15) is 0 Å². The lowest BCUT2D eigenvalue weighted by Gasteiger charge is -2.32. The molecule has 23 heavy (non-hydrogen) atoms. The Morgan fingerprint density at radius 2 is 1.83 bits per heavy atom. The first-order chi connectivity index (χ1) is 11.1. The lowest BCUT2D eigenvalue weighted by molar-refractivity contribution is 0.0690. The molecular weight excluding hydrogens is 289 g/mol.